The number of piperidine rings is 1. The van der Waals surface area contributed by atoms with Gasteiger partial charge in [0.05, 0.1) is 11.4 Å². The second kappa shape index (κ2) is 4.74. The average Bonchev–Trinajstić information content (AvgIpc) is 2.33. The maximum atomic E-state index is 4.49. The monoisotopic (exact) mass is 221 g/mol. The van der Waals surface area contributed by atoms with Gasteiger partial charge < -0.3 is 10.2 Å². The number of hydrogen-bond donors (Lipinski definition) is 1. The first-order valence-corrected chi connectivity index (χ1v) is 5.81. The first kappa shape index (κ1) is 11.3. The molecule has 2 heterocycles. The summed E-state index contributed by atoms with van der Waals surface area (Å²) in [5.41, 5.74) is 1.88. The van der Waals surface area contributed by atoms with Crippen LogP contribution in [0.15, 0.2) is 0 Å². The highest BCUT2D eigenvalue weighted by atomic mass is 15.3. The van der Waals surface area contributed by atoms with Crippen LogP contribution in [0.4, 0.5) is 5.95 Å². The smallest absolute Gasteiger partial charge is 0.245 e. The fraction of sp³-hybridized carbons (Fsp3) is 0.727. The highest BCUT2D eigenvalue weighted by Crippen LogP contribution is 2.15. The Morgan fingerprint density at radius 2 is 2.06 bits per heavy atom. The predicted octanol–water partition coefficient (Wildman–Crippen LogP) is 0.677. The molecule has 0 amide bonds. The van der Waals surface area contributed by atoms with Gasteiger partial charge in [-0.1, -0.05) is 0 Å². The van der Waals surface area contributed by atoms with Crippen molar-refractivity contribution in [2.45, 2.75) is 32.7 Å². The SMILES string of the molecule is CNC1CCCN(c2nnc(C)c(C)n2)C1. The molecule has 1 saturated heterocycles. The lowest BCUT2D eigenvalue weighted by Crippen LogP contribution is -2.45. The molecule has 1 fully saturated rings. The summed E-state index contributed by atoms with van der Waals surface area (Å²) in [6.07, 6.45) is 2.41. The van der Waals surface area contributed by atoms with E-state index in [1.165, 1.54) is 12.8 Å². The molecule has 0 aromatic carbocycles. The van der Waals surface area contributed by atoms with Crippen LogP contribution in [0.1, 0.15) is 24.2 Å². The zero-order valence-electron chi connectivity index (χ0n) is 10.2. The van der Waals surface area contributed by atoms with Gasteiger partial charge >= 0.3 is 0 Å². The quantitative estimate of drug-likeness (QED) is 0.795. The Morgan fingerprint density at radius 1 is 1.25 bits per heavy atom. The van der Waals surface area contributed by atoms with Crippen molar-refractivity contribution < 1.29 is 0 Å². The molecular weight excluding hydrogens is 202 g/mol. The molecule has 0 radical (unpaired) electrons. The third-order valence-corrected chi connectivity index (χ3v) is 3.19. The summed E-state index contributed by atoms with van der Waals surface area (Å²) in [4.78, 5) is 6.70. The van der Waals surface area contributed by atoms with E-state index in [2.05, 4.69) is 25.4 Å². The molecule has 1 aromatic rings. The number of aryl methyl sites for hydroxylation is 2. The molecule has 1 aromatic heterocycles. The maximum Gasteiger partial charge on any atom is 0.245 e. The van der Waals surface area contributed by atoms with Crippen molar-refractivity contribution in [1.82, 2.24) is 20.5 Å². The number of anilines is 1. The largest absolute Gasteiger partial charge is 0.338 e. The zero-order valence-corrected chi connectivity index (χ0v) is 10.2. The molecule has 1 N–H and O–H groups in total. The second-order valence-electron chi connectivity index (χ2n) is 4.36. The number of hydrogen-bond acceptors (Lipinski definition) is 5. The molecule has 0 aliphatic carbocycles. The fourth-order valence-electron chi connectivity index (χ4n) is 1.97. The maximum absolute atomic E-state index is 4.49. The van der Waals surface area contributed by atoms with Crippen molar-refractivity contribution >= 4 is 5.95 Å². The van der Waals surface area contributed by atoms with Crippen LogP contribution in [-0.2, 0) is 0 Å². The molecule has 5 heteroatoms. The number of nitrogens with zero attached hydrogens (tertiary/aromatic N) is 4. The minimum absolute atomic E-state index is 0.541. The highest BCUT2D eigenvalue weighted by molar-refractivity contribution is 5.31. The highest BCUT2D eigenvalue weighted by Gasteiger charge is 2.20. The summed E-state index contributed by atoms with van der Waals surface area (Å²) < 4.78 is 0. The summed E-state index contributed by atoms with van der Waals surface area (Å²) >= 11 is 0. The second-order valence-corrected chi connectivity index (χ2v) is 4.36. The van der Waals surface area contributed by atoms with E-state index in [0.29, 0.717) is 6.04 Å². The minimum atomic E-state index is 0.541. The van der Waals surface area contributed by atoms with E-state index in [1.54, 1.807) is 0 Å². The van der Waals surface area contributed by atoms with Crippen LogP contribution in [-0.4, -0.2) is 41.4 Å². The summed E-state index contributed by atoms with van der Waals surface area (Å²) in [6.45, 7) is 5.92. The van der Waals surface area contributed by atoms with Gasteiger partial charge in [0.25, 0.3) is 0 Å². The van der Waals surface area contributed by atoms with Crippen molar-refractivity contribution in [1.29, 1.82) is 0 Å². The number of rotatable bonds is 2. The standard InChI is InChI=1S/C11H19N5/c1-8-9(2)14-15-11(13-8)16-6-4-5-10(7-16)12-3/h10,12H,4-7H2,1-3H3. The Balaban J connectivity index is 2.13. The summed E-state index contributed by atoms with van der Waals surface area (Å²) in [7, 11) is 2.01. The first-order valence-electron chi connectivity index (χ1n) is 5.81. The number of aromatic nitrogens is 3. The Bertz CT molecular complexity index is 365. The van der Waals surface area contributed by atoms with Gasteiger partial charge in [-0.05, 0) is 33.7 Å². The van der Waals surface area contributed by atoms with E-state index < -0.39 is 0 Å². The molecule has 2 rings (SSSR count). The van der Waals surface area contributed by atoms with Crippen molar-refractivity contribution in [3.63, 3.8) is 0 Å². The molecule has 88 valence electrons. The lowest BCUT2D eigenvalue weighted by molar-refractivity contribution is 0.444. The van der Waals surface area contributed by atoms with Gasteiger partial charge in [-0.2, -0.15) is 5.10 Å². The molecule has 5 nitrogen and oxygen atoms in total. The third-order valence-electron chi connectivity index (χ3n) is 3.19. The van der Waals surface area contributed by atoms with Crippen molar-refractivity contribution in [2.24, 2.45) is 0 Å². The van der Waals surface area contributed by atoms with Gasteiger partial charge in [0.1, 0.15) is 0 Å². The van der Waals surface area contributed by atoms with Crippen LogP contribution in [0.5, 0.6) is 0 Å². The lowest BCUT2D eigenvalue weighted by Gasteiger charge is -2.32. The van der Waals surface area contributed by atoms with E-state index in [9.17, 15) is 0 Å². The van der Waals surface area contributed by atoms with Crippen molar-refractivity contribution in [2.75, 3.05) is 25.0 Å². The Morgan fingerprint density at radius 3 is 2.75 bits per heavy atom. The minimum Gasteiger partial charge on any atom is -0.338 e. The van der Waals surface area contributed by atoms with Gasteiger partial charge in [0.15, 0.2) is 0 Å². The van der Waals surface area contributed by atoms with E-state index in [4.69, 9.17) is 0 Å². The molecule has 1 unspecified atom stereocenters. The Labute approximate surface area is 96.3 Å². The van der Waals surface area contributed by atoms with Gasteiger partial charge in [0, 0.05) is 19.1 Å². The molecule has 1 aliphatic heterocycles. The summed E-state index contributed by atoms with van der Waals surface area (Å²) in [5.74, 6) is 0.767. The zero-order chi connectivity index (χ0) is 11.5. The summed E-state index contributed by atoms with van der Waals surface area (Å²) in [5, 5.41) is 11.6. The van der Waals surface area contributed by atoms with E-state index in [1.807, 2.05) is 20.9 Å². The Hall–Kier alpha value is -1.23. The number of nitrogens with one attached hydrogen (secondary N) is 1. The van der Waals surface area contributed by atoms with E-state index in [-0.39, 0.29) is 0 Å². The normalized spacial score (nSPS) is 21.2. The summed E-state index contributed by atoms with van der Waals surface area (Å²) in [6, 6.07) is 0.541. The fourth-order valence-corrected chi connectivity index (χ4v) is 1.97. The first-order chi connectivity index (χ1) is 7.70. The predicted molar refractivity (Wildman–Crippen MR) is 63.6 cm³/mol. The van der Waals surface area contributed by atoms with Gasteiger partial charge in [-0.15, -0.1) is 5.10 Å². The Kier molecular flexibility index (Phi) is 3.33. The van der Waals surface area contributed by atoms with Crippen LogP contribution in [0, 0.1) is 13.8 Å². The van der Waals surface area contributed by atoms with Crippen molar-refractivity contribution in [3.8, 4) is 0 Å². The molecule has 0 spiro atoms. The lowest BCUT2D eigenvalue weighted by atomic mass is 10.1. The third kappa shape index (κ3) is 2.29. The molecule has 1 aliphatic rings. The van der Waals surface area contributed by atoms with Gasteiger partial charge in [-0.3, -0.25) is 0 Å². The molecule has 16 heavy (non-hydrogen) atoms. The topological polar surface area (TPSA) is 53.9 Å². The van der Waals surface area contributed by atoms with Crippen molar-refractivity contribution in [3.05, 3.63) is 11.4 Å². The van der Waals surface area contributed by atoms with Crippen LogP contribution in [0.25, 0.3) is 0 Å². The molecule has 0 saturated carbocycles. The molecule has 1 atom stereocenters. The number of likely N-dealkylation sites (N-methyl/N-ethyl adjacent to an activating group) is 1. The van der Waals surface area contributed by atoms with Crippen LogP contribution in [0.3, 0.4) is 0 Å². The van der Waals surface area contributed by atoms with Gasteiger partial charge in [0.2, 0.25) is 5.95 Å². The molecular formula is C11H19N5. The van der Waals surface area contributed by atoms with Crippen LogP contribution >= 0.6 is 0 Å². The van der Waals surface area contributed by atoms with E-state index in [0.717, 1.165) is 30.4 Å². The van der Waals surface area contributed by atoms with Crippen LogP contribution in [0.2, 0.25) is 0 Å². The molecule has 0 bridgehead atoms. The van der Waals surface area contributed by atoms with E-state index >= 15 is 0 Å². The van der Waals surface area contributed by atoms with Crippen LogP contribution < -0.4 is 10.2 Å². The average molecular weight is 221 g/mol. The van der Waals surface area contributed by atoms with Gasteiger partial charge in [-0.25, -0.2) is 4.98 Å².